The number of rotatable bonds is 7. The number of anilines is 2. The van der Waals surface area contributed by atoms with E-state index in [2.05, 4.69) is 15.5 Å². The fraction of sp³-hybridized carbons (Fsp3) is 0.211. The predicted octanol–water partition coefficient (Wildman–Crippen LogP) is 4.99. The minimum atomic E-state index is 0.0308. The van der Waals surface area contributed by atoms with Gasteiger partial charge < -0.3 is 10.2 Å². The van der Waals surface area contributed by atoms with Crippen LogP contribution in [0.25, 0.3) is 0 Å². The number of aromatic nitrogens is 2. The molecule has 0 aliphatic heterocycles. The first-order valence-electron chi connectivity index (χ1n) is 8.28. The number of nitrogens with one attached hydrogen (secondary N) is 1. The minimum absolute atomic E-state index is 0.0308. The molecule has 3 aromatic rings. The van der Waals surface area contributed by atoms with Gasteiger partial charge in [0.2, 0.25) is 11.0 Å². The lowest BCUT2D eigenvalue weighted by Gasteiger charge is -2.16. The molecule has 0 fully saturated rings. The van der Waals surface area contributed by atoms with Crippen molar-refractivity contribution >= 4 is 51.4 Å². The maximum absolute atomic E-state index is 12.3. The summed E-state index contributed by atoms with van der Waals surface area (Å²) in [5, 5.41) is 12.9. The Balaban J connectivity index is 1.50. The molecule has 5 nitrogen and oxygen atoms in total. The van der Waals surface area contributed by atoms with E-state index in [0.29, 0.717) is 22.5 Å². The second-order valence-electron chi connectivity index (χ2n) is 6.03. The van der Waals surface area contributed by atoms with Crippen LogP contribution in [0.15, 0.2) is 52.9 Å². The minimum Gasteiger partial charge on any atom is -0.341 e. The molecule has 0 saturated heterocycles. The van der Waals surface area contributed by atoms with Gasteiger partial charge in [-0.2, -0.15) is 0 Å². The lowest BCUT2D eigenvalue weighted by atomic mass is 10.2. The predicted molar refractivity (Wildman–Crippen MR) is 113 cm³/mol. The van der Waals surface area contributed by atoms with Crippen molar-refractivity contribution in [2.75, 3.05) is 18.1 Å². The van der Waals surface area contributed by atoms with E-state index in [9.17, 15) is 4.79 Å². The zero-order chi connectivity index (χ0) is 19.2. The topological polar surface area (TPSA) is 58.1 Å². The Labute approximate surface area is 171 Å². The Morgan fingerprint density at radius 1 is 1.22 bits per heavy atom. The van der Waals surface area contributed by atoms with Crippen molar-refractivity contribution in [3.63, 3.8) is 0 Å². The van der Waals surface area contributed by atoms with Gasteiger partial charge in [-0.1, -0.05) is 64.5 Å². The van der Waals surface area contributed by atoms with E-state index in [1.807, 2.05) is 55.5 Å². The van der Waals surface area contributed by atoms with Crippen molar-refractivity contribution in [2.24, 2.45) is 0 Å². The van der Waals surface area contributed by atoms with Gasteiger partial charge in [-0.3, -0.25) is 4.79 Å². The van der Waals surface area contributed by atoms with Crippen LogP contribution in [0.1, 0.15) is 11.1 Å². The molecule has 3 rings (SSSR count). The molecule has 8 heteroatoms. The van der Waals surface area contributed by atoms with Crippen LogP contribution < -0.4 is 5.32 Å². The maximum Gasteiger partial charge on any atom is 0.233 e. The first-order chi connectivity index (χ1) is 13.0. The first-order valence-corrected chi connectivity index (χ1v) is 10.5. The van der Waals surface area contributed by atoms with Crippen molar-refractivity contribution in [3.8, 4) is 0 Å². The number of carbonyl (C=O) groups excluding carboxylic acids is 1. The lowest BCUT2D eigenvalue weighted by Crippen LogP contribution is -2.27. The summed E-state index contributed by atoms with van der Waals surface area (Å²) >= 11 is 8.81. The quantitative estimate of drug-likeness (QED) is 0.547. The van der Waals surface area contributed by atoms with E-state index < -0.39 is 0 Å². The molecule has 1 aromatic heterocycles. The SMILES string of the molecule is Cc1ccc(Nc2nnc(SCC(=O)N(C)Cc3cccc(Cl)c3)s2)cc1. The normalized spacial score (nSPS) is 10.6. The second-order valence-corrected chi connectivity index (χ2v) is 8.67. The molecule has 27 heavy (non-hydrogen) atoms. The van der Waals surface area contributed by atoms with E-state index in [4.69, 9.17) is 11.6 Å². The smallest absolute Gasteiger partial charge is 0.233 e. The Kier molecular flexibility index (Phi) is 6.71. The number of hydrogen-bond acceptors (Lipinski definition) is 6. The van der Waals surface area contributed by atoms with Crippen molar-refractivity contribution in [3.05, 3.63) is 64.7 Å². The van der Waals surface area contributed by atoms with Gasteiger partial charge in [-0.15, -0.1) is 10.2 Å². The molecule has 0 atom stereocenters. The molecule has 0 unspecified atom stereocenters. The average molecular weight is 419 g/mol. The van der Waals surface area contributed by atoms with Gasteiger partial charge >= 0.3 is 0 Å². The van der Waals surface area contributed by atoms with Crippen LogP contribution in [0.5, 0.6) is 0 Å². The highest BCUT2D eigenvalue weighted by Crippen LogP contribution is 2.28. The number of carbonyl (C=O) groups is 1. The molecule has 0 bridgehead atoms. The molecular weight excluding hydrogens is 400 g/mol. The van der Waals surface area contributed by atoms with E-state index in [1.54, 1.807) is 11.9 Å². The molecular formula is C19H19ClN4OS2. The fourth-order valence-corrected chi connectivity index (χ4v) is 4.24. The third-order valence-corrected chi connectivity index (χ3v) is 5.95. The number of nitrogens with zero attached hydrogens (tertiary/aromatic N) is 3. The Morgan fingerprint density at radius 2 is 2.00 bits per heavy atom. The van der Waals surface area contributed by atoms with Gasteiger partial charge in [0.05, 0.1) is 5.75 Å². The molecule has 0 saturated carbocycles. The monoisotopic (exact) mass is 418 g/mol. The summed E-state index contributed by atoms with van der Waals surface area (Å²) in [5.41, 5.74) is 3.17. The van der Waals surface area contributed by atoms with Gasteiger partial charge in [0.1, 0.15) is 0 Å². The highest BCUT2D eigenvalue weighted by molar-refractivity contribution is 8.01. The zero-order valence-electron chi connectivity index (χ0n) is 15.0. The Hall–Kier alpha value is -2.09. The highest BCUT2D eigenvalue weighted by atomic mass is 35.5. The third-order valence-electron chi connectivity index (χ3n) is 3.76. The number of benzene rings is 2. The van der Waals surface area contributed by atoms with Crippen LogP contribution in [0, 0.1) is 6.92 Å². The van der Waals surface area contributed by atoms with E-state index in [1.165, 1.54) is 28.7 Å². The second kappa shape index (κ2) is 9.21. The average Bonchev–Trinajstić information content (AvgIpc) is 3.09. The summed E-state index contributed by atoms with van der Waals surface area (Å²) in [4.78, 5) is 14.0. The van der Waals surface area contributed by atoms with Crippen molar-refractivity contribution in [2.45, 2.75) is 17.8 Å². The molecule has 0 aliphatic carbocycles. The number of thioether (sulfide) groups is 1. The number of halogens is 1. The lowest BCUT2D eigenvalue weighted by molar-refractivity contribution is -0.127. The van der Waals surface area contributed by atoms with Gasteiger partial charge in [0.25, 0.3) is 0 Å². The number of amides is 1. The molecule has 1 heterocycles. The molecule has 0 aliphatic rings. The Bertz CT molecular complexity index is 914. The van der Waals surface area contributed by atoms with Gasteiger partial charge in [0, 0.05) is 24.3 Å². The molecule has 0 radical (unpaired) electrons. The molecule has 1 N–H and O–H groups in total. The summed E-state index contributed by atoms with van der Waals surface area (Å²) in [6.07, 6.45) is 0. The fourth-order valence-electron chi connectivity index (χ4n) is 2.31. The molecule has 0 spiro atoms. The van der Waals surface area contributed by atoms with Crippen LogP contribution in [0.4, 0.5) is 10.8 Å². The molecule has 2 aromatic carbocycles. The summed E-state index contributed by atoms with van der Waals surface area (Å²) in [7, 11) is 1.79. The number of aryl methyl sites for hydroxylation is 1. The van der Waals surface area contributed by atoms with Gasteiger partial charge in [0.15, 0.2) is 4.34 Å². The van der Waals surface area contributed by atoms with E-state index in [0.717, 1.165) is 15.6 Å². The largest absolute Gasteiger partial charge is 0.341 e. The third kappa shape index (κ3) is 5.95. The van der Waals surface area contributed by atoms with Crippen molar-refractivity contribution < 1.29 is 4.79 Å². The van der Waals surface area contributed by atoms with Crippen LogP contribution in [0.3, 0.4) is 0 Å². The Morgan fingerprint density at radius 3 is 2.74 bits per heavy atom. The maximum atomic E-state index is 12.3. The van der Waals surface area contributed by atoms with Crippen LogP contribution in [-0.4, -0.2) is 33.8 Å². The van der Waals surface area contributed by atoms with Gasteiger partial charge in [-0.25, -0.2) is 0 Å². The van der Waals surface area contributed by atoms with Crippen LogP contribution >= 0.6 is 34.7 Å². The highest BCUT2D eigenvalue weighted by Gasteiger charge is 2.12. The standard InChI is InChI=1S/C19H19ClN4OS2/c1-13-6-8-16(9-7-13)21-18-22-23-19(27-18)26-12-17(25)24(2)11-14-4-3-5-15(20)10-14/h3-10H,11-12H2,1-2H3,(H,21,22). The first kappa shape index (κ1) is 19.7. The van der Waals surface area contributed by atoms with Crippen LogP contribution in [0.2, 0.25) is 5.02 Å². The van der Waals surface area contributed by atoms with E-state index in [-0.39, 0.29) is 5.91 Å². The summed E-state index contributed by atoms with van der Waals surface area (Å²) in [6, 6.07) is 15.6. The van der Waals surface area contributed by atoms with E-state index >= 15 is 0 Å². The zero-order valence-corrected chi connectivity index (χ0v) is 17.4. The van der Waals surface area contributed by atoms with Gasteiger partial charge in [-0.05, 0) is 36.8 Å². The summed E-state index contributed by atoms with van der Waals surface area (Å²) in [5.74, 6) is 0.346. The van der Waals surface area contributed by atoms with Crippen LogP contribution in [-0.2, 0) is 11.3 Å². The van der Waals surface area contributed by atoms with Crippen molar-refractivity contribution in [1.29, 1.82) is 0 Å². The summed E-state index contributed by atoms with van der Waals surface area (Å²) < 4.78 is 0.758. The number of hydrogen-bond donors (Lipinski definition) is 1. The summed E-state index contributed by atoms with van der Waals surface area (Å²) in [6.45, 7) is 2.57. The van der Waals surface area contributed by atoms with Crippen molar-refractivity contribution in [1.82, 2.24) is 15.1 Å². The molecule has 140 valence electrons. The molecule has 1 amide bonds.